The van der Waals surface area contributed by atoms with Crippen LogP contribution in [-0.2, 0) is 21.7 Å². The maximum atomic E-state index is 15.6. The van der Waals surface area contributed by atoms with Crippen LogP contribution in [0.5, 0.6) is 23.0 Å². The van der Waals surface area contributed by atoms with Crippen LogP contribution in [0, 0.1) is 11.6 Å². The molecule has 1 saturated carbocycles. The number of unbranched alkanes of at least 4 members (excludes halogenated alkanes) is 3. The SMILES string of the molecule is CNCCCCCCn1cc(-n2c(C3CC3)c(Sc3cccc(C(=O)[O-])c3F)c3ccc(Cl)c(F)c32)cn1.O=CNc1ccc2c(c1)C(=O)OC21c2ccc(O)cc2Oc2cc(O)ccc21.S.[Na+]. The molecule has 2 aromatic heterocycles. The van der Waals surface area contributed by atoms with Gasteiger partial charge in [0.25, 0.3) is 0 Å². The van der Waals surface area contributed by atoms with E-state index < -0.39 is 34.7 Å². The van der Waals surface area contributed by atoms with Crippen molar-refractivity contribution in [3.63, 3.8) is 0 Å². The van der Waals surface area contributed by atoms with Gasteiger partial charge in [0.2, 0.25) is 6.41 Å². The summed E-state index contributed by atoms with van der Waals surface area (Å²) in [7, 11) is 1.95. The second-order valence-corrected chi connectivity index (χ2v) is 17.6. The minimum absolute atomic E-state index is 0. The van der Waals surface area contributed by atoms with Gasteiger partial charge in [-0.1, -0.05) is 54.4 Å². The number of nitrogens with zero attached hydrogens (tertiary/aromatic N) is 3. The summed E-state index contributed by atoms with van der Waals surface area (Å²) in [5.41, 5.74) is 2.53. The molecule has 0 radical (unpaired) electrons. The first-order valence-electron chi connectivity index (χ1n) is 21.2. The quantitative estimate of drug-likeness (QED) is 0.0417. The number of carboxylic acids is 1. The Morgan fingerprint density at radius 3 is 2.31 bits per heavy atom. The summed E-state index contributed by atoms with van der Waals surface area (Å²) in [6, 6.07) is 21.5. The fourth-order valence-corrected chi connectivity index (χ4v) is 10.00. The molecule has 4 N–H and O–H groups in total. The number of aromatic nitrogens is 3. The number of anilines is 1. The van der Waals surface area contributed by atoms with Gasteiger partial charge >= 0.3 is 35.5 Å². The zero-order chi connectivity index (χ0) is 46.3. The van der Waals surface area contributed by atoms with Gasteiger partial charge in [-0.2, -0.15) is 18.6 Å². The molecule has 19 heteroatoms. The molecule has 0 bridgehead atoms. The maximum absolute atomic E-state index is 15.6. The predicted octanol–water partition coefficient (Wildman–Crippen LogP) is 6.28. The predicted molar refractivity (Wildman–Crippen MR) is 251 cm³/mol. The van der Waals surface area contributed by atoms with Crippen molar-refractivity contribution in [3.8, 4) is 28.7 Å². The molecule has 0 unspecified atom stereocenters. The molecule has 5 aromatic carbocycles. The monoisotopic (exact) mass is 989 g/mol. The van der Waals surface area contributed by atoms with Crippen LogP contribution in [0.3, 0.4) is 0 Å². The van der Waals surface area contributed by atoms with Gasteiger partial charge in [-0.3, -0.25) is 9.48 Å². The molecule has 2 aliphatic heterocycles. The number of halogens is 3. The Bertz CT molecular complexity index is 3020. The number of nitrogens with one attached hydrogen (secondary N) is 2. The molecule has 0 atom stereocenters. The molecule has 3 aliphatic rings. The van der Waals surface area contributed by atoms with Crippen LogP contribution < -0.4 is 50.0 Å². The van der Waals surface area contributed by atoms with Crippen molar-refractivity contribution in [2.24, 2.45) is 0 Å². The molecule has 0 saturated heterocycles. The van der Waals surface area contributed by atoms with Crippen LogP contribution in [0.2, 0.25) is 5.02 Å². The molecule has 10 rings (SSSR count). The Morgan fingerprint density at radius 2 is 1.65 bits per heavy atom. The molecular weight excluding hydrogens is 947 g/mol. The number of benzene rings is 5. The van der Waals surface area contributed by atoms with Crippen LogP contribution in [-0.4, -0.2) is 56.5 Å². The van der Waals surface area contributed by atoms with Crippen molar-refractivity contribution >= 4 is 71.8 Å². The number of aromatic carboxylic acids is 1. The molecule has 1 spiro atoms. The molecule has 1 fully saturated rings. The Morgan fingerprint density at radius 1 is 0.956 bits per heavy atom. The zero-order valence-corrected chi connectivity index (χ0v) is 41.3. The third-order valence-electron chi connectivity index (χ3n) is 11.8. The van der Waals surface area contributed by atoms with E-state index in [2.05, 4.69) is 15.7 Å². The standard InChI is InChI=1S/C28H29ClF2N4O2S.C21H13NO6.Na.H2S/c1-32-13-4-2-3-5-14-34-16-18(15-33-34)35-25(17-9-10-17)27(20-11-12-21(29)24(31)26(20)35)38-22-8-6-7-19(23(22)30)28(36)37;23-10-22-11-1-4-15-14(7-11)20(26)28-21(15)16-5-2-12(24)8-18(16)27-19-9-13(25)3-6-17(19)21;;/h6-8,11-12,15-17,32H,2-5,9-10,13-14H2,1H3,(H,36,37);1-10,24-25H,(H,22,23);;1H2/q;;+1;/p-1. The Labute approximate surface area is 427 Å². The smallest absolute Gasteiger partial charge is 0.545 e. The number of phenols is 2. The zero-order valence-electron chi connectivity index (χ0n) is 36.8. The van der Waals surface area contributed by atoms with Crippen molar-refractivity contribution in [1.29, 1.82) is 0 Å². The maximum Gasteiger partial charge on any atom is 1.00 e. The van der Waals surface area contributed by atoms with E-state index in [1.54, 1.807) is 42.6 Å². The topological polar surface area (TPSA) is 180 Å². The number of hydrogen-bond acceptors (Lipinski definition) is 11. The number of amides is 1. The van der Waals surface area contributed by atoms with Gasteiger partial charge in [0.1, 0.15) is 28.8 Å². The van der Waals surface area contributed by atoms with E-state index >= 15 is 8.78 Å². The second-order valence-electron chi connectivity index (χ2n) is 16.1. The second kappa shape index (κ2) is 21.0. The molecule has 346 valence electrons. The van der Waals surface area contributed by atoms with E-state index in [-0.39, 0.29) is 70.4 Å². The summed E-state index contributed by atoms with van der Waals surface area (Å²) in [5, 5.41) is 42.0. The van der Waals surface area contributed by atoms with E-state index in [1.165, 1.54) is 48.5 Å². The average Bonchev–Trinajstić information content (AvgIpc) is 3.84. The summed E-state index contributed by atoms with van der Waals surface area (Å²) >= 11 is 7.32. The van der Waals surface area contributed by atoms with E-state index in [1.807, 2.05) is 22.5 Å². The van der Waals surface area contributed by atoms with Crippen LogP contribution in [0.15, 0.2) is 107 Å². The van der Waals surface area contributed by atoms with Crippen LogP contribution in [0.4, 0.5) is 14.5 Å². The summed E-state index contributed by atoms with van der Waals surface area (Å²) in [6.07, 6.45) is 10.4. The van der Waals surface area contributed by atoms with Gasteiger partial charge in [-0.05, 0) is 93.9 Å². The van der Waals surface area contributed by atoms with Gasteiger partial charge in [-0.25, -0.2) is 13.6 Å². The normalized spacial score (nSPS) is 13.7. The Balaban J connectivity index is 0.000000203. The minimum atomic E-state index is -1.58. The number of rotatable bonds is 14. The van der Waals surface area contributed by atoms with E-state index in [9.17, 15) is 29.7 Å². The number of phenolic OH excluding ortho intramolecular Hbond substituents is 2. The Kier molecular flexibility index (Phi) is 15.5. The van der Waals surface area contributed by atoms with Gasteiger partial charge in [0.15, 0.2) is 11.4 Å². The van der Waals surface area contributed by atoms with Crippen molar-refractivity contribution in [2.75, 3.05) is 18.9 Å². The number of fused-ring (bicyclic) bond motifs is 7. The first-order chi connectivity index (χ1) is 31.9. The van der Waals surface area contributed by atoms with E-state index in [0.717, 1.165) is 69.1 Å². The summed E-state index contributed by atoms with van der Waals surface area (Å²) in [5.74, 6) is -2.78. The third kappa shape index (κ3) is 9.45. The van der Waals surface area contributed by atoms with E-state index in [0.29, 0.717) is 67.3 Å². The van der Waals surface area contributed by atoms with Gasteiger partial charge in [0.05, 0.1) is 34.0 Å². The van der Waals surface area contributed by atoms with Crippen LogP contribution >= 0.6 is 36.9 Å². The summed E-state index contributed by atoms with van der Waals surface area (Å²) < 4.78 is 46.2. The molecule has 7 aromatic rings. The van der Waals surface area contributed by atoms with Crippen LogP contribution in [0.25, 0.3) is 16.6 Å². The number of esters is 1. The third-order valence-corrected chi connectivity index (χ3v) is 13.3. The average molecular weight is 990 g/mol. The number of ether oxygens (including phenoxy) is 2. The van der Waals surface area contributed by atoms with Crippen molar-refractivity contribution in [1.82, 2.24) is 19.7 Å². The number of aromatic hydroxyl groups is 2. The van der Waals surface area contributed by atoms with Crippen molar-refractivity contribution in [3.05, 3.63) is 147 Å². The molecular formula is C49H43ClF2N5NaO8S2. The number of aryl methyl sites for hydroxylation is 1. The largest absolute Gasteiger partial charge is 1.00 e. The fourth-order valence-electron chi connectivity index (χ4n) is 8.64. The summed E-state index contributed by atoms with van der Waals surface area (Å²) in [6.45, 7) is 1.76. The number of hydrogen-bond donors (Lipinski definition) is 4. The number of carbonyl (C=O) groups is 3. The number of carboxylic acid groups (broad SMARTS) is 1. The first kappa shape index (κ1) is 50.3. The fraction of sp³-hybridized carbons (Fsp3) is 0.224. The van der Waals surface area contributed by atoms with Crippen molar-refractivity contribution < 1.29 is 77.5 Å². The molecule has 1 amide bonds. The minimum Gasteiger partial charge on any atom is -0.545 e. The number of carbonyl (C=O) groups excluding carboxylic acids is 3. The van der Waals surface area contributed by atoms with Crippen molar-refractivity contribution in [2.45, 2.75) is 66.4 Å². The molecule has 13 nitrogen and oxygen atoms in total. The van der Waals surface area contributed by atoms with E-state index in [4.69, 9.17) is 21.1 Å². The van der Waals surface area contributed by atoms with Gasteiger partial charge in [0, 0.05) is 79.6 Å². The molecule has 4 heterocycles. The van der Waals surface area contributed by atoms with Gasteiger partial charge < -0.3 is 44.8 Å². The molecule has 68 heavy (non-hydrogen) atoms. The molecule has 1 aliphatic carbocycles. The Hall–Kier alpha value is -5.53. The van der Waals surface area contributed by atoms with Gasteiger partial charge in [-0.15, -0.1) is 0 Å². The first-order valence-corrected chi connectivity index (χ1v) is 22.4. The summed E-state index contributed by atoms with van der Waals surface area (Å²) in [4.78, 5) is 35.7. The van der Waals surface area contributed by atoms with Crippen LogP contribution in [0.1, 0.15) is 87.5 Å².